The van der Waals surface area contributed by atoms with Gasteiger partial charge in [-0.1, -0.05) is 24.3 Å². The second kappa shape index (κ2) is 7.23. The molecule has 0 atom stereocenters. The molecule has 158 valence electrons. The number of benzene rings is 2. The first kappa shape index (κ1) is 19.8. The van der Waals surface area contributed by atoms with E-state index in [1.54, 1.807) is 24.3 Å². The molecule has 4 nitrogen and oxygen atoms in total. The van der Waals surface area contributed by atoms with Crippen LogP contribution in [0.5, 0.6) is 5.75 Å². The normalized spacial score (nSPS) is 29.7. The van der Waals surface area contributed by atoms with Gasteiger partial charge < -0.3 is 4.74 Å². The van der Waals surface area contributed by atoms with Gasteiger partial charge in [-0.2, -0.15) is 0 Å². The molecule has 0 unspecified atom stereocenters. The van der Waals surface area contributed by atoms with E-state index >= 15 is 0 Å². The van der Waals surface area contributed by atoms with Crippen LogP contribution in [0.2, 0.25) is 0 Å². The number of sulfone groups is 1. The molecule has 0 radical (unpaired) electrons. The van der Waals surface area contributed by atoms with E-state index in [0.29, 0.717) is 22.3 Å². The monoisotopic (exact) mass is 424 g/mol. The third-order valence-corrected chi connectivity index (χ3v) is 8.16. The first-order chi connectivity index (χ1) is 14.3. The third-order valence-electron chi connectivity index (χ3n) is 7.31. The highest BCUT2D eigenvalue weighted by Crippen LogP contribution is 2.60. The Morgan fingerprint density at radius 3 is 2.13 bits per heavy atom. The summed E-state index contributed by atoms with van der Waals surface area (Å²) in [5.74, 6) is 2.66. The fraction of sp³-hybridized carbons (Fsp3) is 0.480. The summed E-state index contributed by atoms with van der Waals surface area (Å²) in [6.45, 7) is 0. The molecule has 4 aliphatic carbocycles. The molecule has 4 saturated carbocycles. The molecule has 0 heterocycles. The Labute approximate surface area is 178 Å². The average molecular weight is 425 g/mol. The highest BCUT2D eigenvalue weighted by Gasteiger charge is 2.51. The molecule has 30 heavy (non-hydrogen) atoms. The molecule has 6 rings (SSSR count). The van der Waals surface area contributed by atoms with Crippen molar-refractivity contribution in [2.24, 2.45) is 17.8 Å². The summed E-state index contributed by atoms with van der Waals surface area (Å²) in [4.78, 5) is 12.6. The Balaban J connectivity index is 1.30. The molecule has 4 fully saturated rings. The molecule has 4 aliphatic rings. The standard InChI is InChI=1S/C25H28O4S/c1-30(27,28)16-17-3-2-4-21(12-17)24(26)29-23-7-5-22(6-8-23)25-13-18-9-19(14-25)11-20(10-18)15-25/h2-8,12,18-20H,9-11,13-16H2,1H3. The van der Waals surface area contributed by atoms with E-state index in [4.69, 9.17) is 4.74 Å². The molecule has 0 N–H and O–H groups in total. The SMILES string of the molecule is CS(=O)(=O)Cc1cccc(C(=O)Oc2ccc(C34CC5CC(CC(C5)C3)C4)cc2)c1. The predicted molar refractivity (Wildman–Crippen MR) is 116 cm³/mol. The van der Waals surface area contributed by atoms with Crippen LogP contribution < -0.4 is 4.74 Å². The third kappa shape index (κ3) is 3.92. The van der Waals surface area contributed by atoms with E-state index in [1.165, 1.54) is 50.3 Å². The van der Waals surface area contributed by atoms with Crippen molar-refractivity contribution < 1.29 is 17.9 Å². The first-order valence-electron chi connectivity index (χ1n) is 10.9. The number of hydrogen-bond donors (Lipinski definition) is 0. The zero-order valence-electron chi connectivity index (χ0n) is 17.3. The predicted octanol–water partition coefficient (Wildman–Crippen LogP) is 4.92. The number of carbonyl (C=O) groups excluding carboxylic acids is 1. The van der Waals surface area contributed by atoms with Gasteiger partial charge in [-0.05, 0) is 97.1 Å². The molecule has 0 spiro atoms. The van der Waals surface area contributed by atoms with E-state index in [-0.39, 0.29) is 5.75 Å². The Morgan fingerprint density at radius 2 is 1.57 bits per heavy atom. The van der Waals surface area contributed by atoms with Crippen LogP contribution in [0.4, 0.5) is 0 Å². The molecular weight excluding hydrogens is 396 g/mol. The fourth-order valence-electron chi connectivity index (χ4n) is 6.60. The minimum Gasteiger partial charge on any atom is -0.423 e. The Hall–Kier alpha value is -2.14. The van der Waals surface area contributed by atoms with Crippen molar-refractivity contribution in [3.05, 3.63) is 65.2 Å². The van der Waals surface area contributed by atoms with Gasteiger partial charge in [-0.25, -0.2) is 13.2 Å². The van der Waals surface area contributed by atoms with E-state index in [2.05, 4.69) is 12.1 Å². The van der Waals surface area contributed by atoms with Crippen LogP contribution in [0.3, 0.4) is 0 Å². The highest BCUT2D eigenvalue weighted by atomic mass is 32.2. The Kier molecular flexibility index (Phi) is 4.77. The number of rotatable bonds is 5. The van der Waals surface area contributed by atoms with Gasteiger partial charge in [-0.3, -0.25) is 0 Å². The van der Waals surface area contributed by atoms with Gasteiger partial charge in [0.25, 0.3) is 0 Å². The number of ether oxygens (including phenoxy) is 1. The van der Waals surface area contributed by atoms with Crippen LogP contribution in [0.1, 0.15) is 60.0 Å². The van der Waals surface area contributed by atoms with Crippen molar-refractivity contribution in [1.82, 2.24) is 0 Å². The molecule has 0 amide bonds. The lowest BCUT2D eigenvalue weighted by molar-refractivity contribution is -0.00519. The van der Waals surface area contributed by atoms with E-state index in [9.17, 15) is 13.2 Å². The molecule has 0 saturated heterocycles. The number of hydrogen-bond acceptors (Lipinski definition) is 4. The van der Waals surface area contributed by atoms with Crippen molar-refractivity contribution in [2.45, 2.75) is 49.7 Å². The van der Waals surface area contributed by atoms with Crippen molar-refractivity contribution in [2.75, 3.05) is 6.26 Å². The second-order valence-corrected chi connectivity index (χ2v) is 12.0. The smallest absolute Gasteiger partial charge is 0.343 e. The summed E-state index contributed by atoms with van der Waals surface area (Å²) in [5, 5.41) is 0. The molecule has 0 aliphatic heterocycles. The van der Waals surface area contributed by atoms with Crippen LogP contribution in [0.25, 0.3) is 0 Å². The average Bonchev–Trinajstić information content (AvgIpc) is 2.66. The summed E-state index contributed by atoms with van der Waals surface area (Å²) in [6, 6.07) is 14.8. The van der Waals surface area contributed by atoms with Crippen LogP contribution in [0.15, 0.2) is 48.5 Å². The first-order valence-corrected chi connectivity index (χ1v) is 12.9. The van der Waals surface area contributed by atoms with Crippen LogP contribution >= 0.6 is 0 Å². The highest BCUT2D eigenvalue weighted by molar-refractivity contribution is 7.89. The minimum atomic E-state index is -3.15. The van der Waals surface area contributed by atoms with E-state index in [0.717, 1.165) is 17.8 Å². The lowest BCUT2D eigenvalue weighted by atomic mass is 9.48. The van der Waals surface area contributed by atoms with E-state index in [1.807, 2.05) is 12.1 Å². The van der Waals surface area contributed by atoms with Crippen molar-refractivity contribution in [3.8, 4) is 5.75 Å². The summed E-state index contributed by atoms with van der Waals surface area (Å²) >= 11 is 0. The topological polar surface area (TPSA) is 60.4 Å². The van der Waals surface area contributed by atoms with Crippen LogP contribution in [-0.2, 0) is 21.0 Å². The maximum absolute atomic E-state index is 12.6. The summed E-state index contributed by atoms with van der Waals surface area (Å²) < 4.78 is 28.6. The fourth-order valence-corrected chi connectivity index (χ4v) is 7.38. The van der Waals surface area contributed by atoms with Crippen molar-refractivity contribution in [1.29, 1.82) is 0 Å². The van der Waals surface area contributed by atoms with Crippen LogP contribution in [-0.4, -0.2) is 20.6 Å². The van der Waals surface area contributed by atoms with Gasteiger partial charge in [0, 0.05) is 6.26 Å². The maximum Gasteiger partial charge on any atom is 0.343 e. The molecule has 4 bridgehead atoms. The van der Waals surface area contributed by atoms with E-state index < -0.39 is 15.8 Å². The summed E-state index contributed by atoms with van der Waals surface area (Å²) in [7, 11) is -3.15. The van der Waals surface area contributed by atoms with Crippen molar-refractivity contribution >= 4 is 15.8 Å². The zero-order valence-corrected chi connectivity index (χ0v) is 18.2. The minimum absolute atomic E-state index is 0.0894. The van der Waals surface area contributed by atoms with Gasteiger partial charge >= 0.3 is 5.97 Å². The number of carbonyl (C=O) groups is 1. The maximum atomic E-state index is 12.6. The number of esters is 1. The summed E-state index contributed by atoms with van der Waals surface area (Å²) in [5.41, 5.74) is 2.68. The molecule has 2 aromatic carbocycles. The van der Waals surface area contributed by atoms with Gasteiger partial charge in [0.1, 0.15) is 5.75 Å². The Morgan fingerprint density at radius 1 is 0.967 bits per heavy atom. The summed E-state index contributed by atoms with van der Waals surface area (Å²) in [6.07, 6.45) is 9.39. The molecular formula is C25H28O4S. The van der Waals surface area contributed by atoms with Gasteiger partial charge in [0.15, 0.2) is 9.84 Å². The second-order valence-electron chi connectivity index (χ2n) is 9.88. The molecule has 2 aromatic rings. The van der Waals surface area contributed by atoms with Crippen LogP contribution in [0, 0.1) is 17.8 Å². The Bertz CT molecular complexity index is 1030. The van der Waals surface area contributed by atoms with Gasteiger partial charge in [0.05, 0.1) is 11.3 Å². The lowest BCUT2D eigenvalue weighted by Crippen LogP contribution is -2.48. The molecule has 0 aromatic heterocycles. The van der Waals surface area contributed by atoms with Gasteiger partial charge in [-0.15, -0.1) is 0 Å². The molecule has 5 heteroatoms. The zero-order chi connectivity index (χ0) is 20.9. The van der Waals surface area contributed by atoms with Gasteiger partial charge in [0.2, 0.25) is 0 Å². The largest absolute Gasteiger partial charge is 0.423 e. The lowest BCUT2D eigenvalue weighted by Gasteiger charge is -2.57. The quantitative estimate of drug-likeness (QED) is 0.505. The van der Waals surface area contributed by atoms with Crippen molar-refractivity contribution in [3.63, 3.8) is 0 Å².